The summed E-state index contributed by atoms with van der Waals surface area (Å²) in [7, 11) is 0. The molecule has 2 aliphatic heterocycles. The van der Waals surface area contributed by atoms with E-state index in [0.29, 0.717) is 23.4 Å². The monoisotopic (exact) mass is 476 g/mol. The fourth-order valence-corrected chi connectivity index (χ4v) is 6.48. The fraction of sp³-hybridized carbons (Fsp3) is 0.379. The van der Waals surface area contributed by atoms with Gasteiger partial charge in [-0.05, 0) is 75.3 Å². The van der Waals surface area contributed by atoms with E-state index in [2.05, 4.69) is 46.3 Å². The summed E-state index contributed by atoms with van der Waals surface area (Å²) in [6.45, 7) is 0.572. The van der Waals surface area contributed by atoms with Gasteiger partial charge in [-0.25, -0.2) is 0 Å². The third-order valence-electron chi connectivity index (χ3n) is 8.12. The van der Waals surface area contributed by atoms with Crippen LogP contribution in [0.25, 0.3) is 11.0 Å². The lowest BCUT2D eigenvalue weighted by Gasteiger charge is -2.33. The van der Waals surface area contributed by atoms with Crippen LogP contribution in [0.2, 0.25) is 0 Å². The highest BCUT2D eigenvalue weighted by Gasteiger charge is 2.47. The molecular weight excluding hydrogens is 449 g/mol. The number of furan rings is 1. The van der Waals surface area contributed by atoms with Crippen LogP contribution >= 0.6 is 0 Å². The Kier molecular flexibility index (Phi) is 4.64. The van der Waals surface area contributed by atoms with Gasteiger partial charge in [0.1, 0.15) is 17.5 Å². The molecule has 0 radical (unpaired) electrons. The Hall–Kier alpha value is -3.15. The van der Waals surface area contributed by atoms with E-state index in [0.717, 1.165) is 42.3 Å². The second kappa shape index (κ2) is 7.67. The van der Waals surface area contributed by atoms with Crippen molar-refractivity contribution in [2.75, 3.05) is 0 Å². The van der Waals surface area contributed by atoms with E-state index < -0.39 is 11.7 Å². The van der Waals surface area contributed by atoms with Gasteiger partial charge in [-0.3, -0.25) is 0 Å². The first-order valence-corrected chi connectivity index (χ1v) is 12.6. The Balaban J connectivity index is 1.30. The van der Waals surface area contributed by atoms with Gasteiger partial charge in [-0.1, -0.05) is 29.9 Å². The summed E-state index contributed by atoms with van der Waals surface area (Å²) in [5, 5.41) is 0.571. The van der Waals surface area contributed by atoms with Gasteiger partial charge in [0.15, 0.2) is 0 Å². The first-order chi connectivity index (χ1) is 17.0. The highest BCUT2D eigenvalue weighted by atomic mass is 19.4. The molecule has 5 aliphatic rings. The molecule has 2 aromatic rings. The molecule has 35 heavy (non-hydrogen) atoms. The summed E-state index contributed by atoms with van der Waals surface area (Å²) in [5.74, 6) is 1.23. The molecule has 180 valence electrons. The zero-order valence-corrected chi connectivity index (χ0v) is 19.4. The maximum atomic E-state index is 13.5. The highest BCUT2D eigenvalue weighted by Crippen LogP contribution is 2.54. The highest BCUT2D eigenvalue weighted by molar-refractivity contribution is 5.84. The summed E-state index contributed by atoms with van der Waals surface area (Å²) in [6.07, 6.45) is 16.9. The van der Waals surface area contributed by atoms with Gasteiger partial charge in [-0.2, -0.15) is 13.2 Å². The molecule has 0 saturated heterocycles. The van der Waals surface area contributed by atoms with Crippen LogP contribution in [0, 0.1) is 5.92 Å². The normalized spacial score (nSPS) is 25.7. The molecule has 6 heteroatoms. The van der Waals surface area contributed by atoms with Crippen molar-refractivity contribution in [3.05, 3.63) is 94.2 Å². The van der Waals surface area contributed by atoms with Crippen molar-refractivity contribution in [2.24, 2.45) is 5.92 Å². The van der Waals surface area contributed by atoms with Gasteiger partial charge >= 0.3 is 6.18 Å². The second-order valence-electron chi connectivity index (χ2n) is 10.1. The van der Waals surface area contributed by atoms with Gasteiger partial charge in [0.2, 0.25) is 0 Å². The number of rotatable bonds is 2. The lowest BCUT2D eigenvalue weighted by Crippen LogP contribution is -2.28. The number of hydrogen-bond donors (Lipinski definition) is 0. The van der Waals surface area contributed by atoms with Crippen molar-refractivity contribution in [2.45, 2.75) is 63.8 Å². The molecule has 1 aromatic carbocycles. The van der Waals surface area contributed by atoms with Crippen molar-refractivity contribution in [3.8, 4) is 0 Å². The van der Waals surface area contributed by atoms with E-state index >= 15 is 0 Å². The van der Waals surface area contributed by atoms with E-state index in [-0.39, 0.29) is 6.17 Å². The number of benzene rings is 1. The molecule has 0 fully saturated rings. The largest absolute Gasteiger partial charge is 0.459 e. The van der Waals surface area contributed by atoms with Crippen LogP contribution in [0.3, 0.4) is 0 Å². The molecule has 0 saturated carbocycles. The molecule has 2 atom stereocenters. The van der Waals surface area contributed by atoms with Crippen LogP contribution in [0.15, 0.2) is 81.7 Å². The van der Waals surface area contributed by atoms with Crippen molar-refractivity contribution < 1.29 is 17.6 Å². The van der Waals surface area contributed by atoms with E-state index in [1.807, 2.05) is 0 Å². The fourth-order valence-electron chi connectivity index (χ4n) is 6.48. The quantitative estimate of drug-likeness (QED) is 0.408. The molecular formula is C29H27F3N2O. The Labute approximate surface area is 202 Å². The lowest BCUT2D eigenvalue weighted by atomic mass is 9.84. The van der Waals surface area contributed by atoms with Crippen molar-refractivity contribution in [3.63, 3.8) is 0 Å². The van der Waals surface area contributed by atoms with E-state index in [9.17, 15) is 13.2 Å². The van der Waals surface area contributed by atoms with Gasteiger partial charge in [0.05, 0.1) is 17.8 Å². The molecule has 2 unspecified atom stereocenters. The SMILES string of the molecule is FC(F)(F)c1ccc2oc3c(c2c1)C1N(C3)C2=C(CCC=C2)N1C1=CCC(C2=CCCCC2)C=C1. The first kappa shape index (κ1) is 21.2. The second-order valence-corrected chi connectivity index (χ2v) is 10.1. The molecule has 3 heterocycles. The van der Waals surface area contributed by atoms with Crippen molar-refractivity contribution in [1.29, 1.82) is 0 Å². The van der Waals surface area contributed by atoms with E-state index in [1.165, 1.54) is 49.2 Å². The van der Waals surface area contributed by atoms with Gasteiger partial charge in [0, 0.05) is 28.3 Å². The van der Waals surface area contributed by atoms with Crippen LogP contribution in [0.5, 0.6) is 0 Å². The van der Waals surface area contributed by atoms with Crippen molar-refractivity contribution in [1.82, 2.24) is 9.80 Å². The standard InChI is InChI=1S/C29H27F3N2O/c30-29(31,32)20-12-15-25-22(16-20)27-26(35-25)17-33-23-8-4-5-9-24(23)34(28(27)33)21-13-10-19(11-14-21)18-6-2-1-3-7-18/h4,6,8,10,12-16,19,28H,1-3,5,7,9,11,17H2. The molecule has 0 bridgehead atoms. The van der Waals surface area contributed by atoms with Gasteiger partial charge in [0.25, 0.3) is 0 Å². The molecule has 1 aromatic heterocycles. The molecule has 3 aliphatic carbocycles. The minimum absolute atomic E-state index is 0.177. The van der Waals surface area contributed by atoms with Gasteiger partial charge < -0.3 is 14.2 Å². The summed E-state index contributed by atoms with van der Waals surface area (Å²) in [5.41, 5.74) is 5.89. The maximum absolute atomic E-state index is 13.5. The molecule has 0 amide bonds. The third kappa shape index (κ3) is 3.25. The van der Waals surface area contributed by atoms with Gasteiger partial charge in [-0.15, -0.1) is 0 Å². The topological polar surface area (TPSA) is 19.6 Å². The Morgan fingerprint density at radius 3 is 2.69 bits per heavy atom. The number of hydrogen-bond acceptors (Lipinski definition) is 3. The third-order valence-corrected chi connectivity index (χ3v) is 8.12. The predicted octanol–water partition coefficient (Wildman–Crippen LogP) is 8.10. The van der Waals surface area contributed by atoms with Crippen LogP contribution in [-0.4, -0.2) is 9.80 Å². The average Bonchev–Trinajstić information content (AvgIpc) is 3.50. The lowest BCUT2D eigenvalue weighted by molar-refractivity contribution is -0.137. The van der Waals surface area contributed by atoms with Crippen LogP contribution < -0.4 is 0 Å². The summed E-state index contributed by atoms with van der Waals surface area (Å²) in [6, 6.07) is 3.85. The zero-order valence-electron chi connectivity index (χ0n) is 19.4. The summed E-state index contributed by atoms with van der Waals surface area (Å²) < 4.78 is 46.7. The number of fused-ring (bicyclic) bond motifs is 6. The van der Waals surface area contributed by atoms with Crippen molar-refractivity contribution >= 4 is 11.0 Å². The smallest absolute Gasteiger partial charge is 0.416 e. The number of nitrogens with zero attached hydrogens (tertiary/aromatic N) is 2. The maximum Gasteiger partial charge on any atom is 0.416 e. The molecule has 0 spiro atoms. The predicted molar refractivity (Wildman–Crippen MR) is 129 cm³/mol. The number of allylic oxidation sites excluding steroid dienone is 8. The minimum atomic E-state index is -4.39. The summed E-state index contributed by atoms with van der Waals surface area (Å²) >= 11 is 0. The minimum Gasteiger partial charge on any atom is -0.459 e. The summed E-state index contributed by atoms with van der Waals surface area (Å²) in [4.78, 5) is 4.66. The molecule has 7 rings (SSSR count). The zero-order chi connectivity index (χ0) is 23.7. The van der Waals surface area contributed by atoms with E-state index in [1.54, 1.807) is 5.57 Å². The van der Waals surface area contributed by atoms with Crippen LogP contribution in [-0.2, 0) is 12.7 Å². The Bertz CT molecular complexity index is 1370. The average molecular weight is 477 g/mol. The number of alkyl halides is 3. The first-order valence-electron chi connectivity index (χ1n) is 12.6. The number of halogens is 3. The molecule has 0 N–H and O–H groups in total. The Morgan fingerprint density at radius 2 is 1.91 bits per heavy atom. The molecule has 3 nitrogen and oxygen atoms in total. The van der Waals surface area contributed by atoms with Crippen LogP contribution in [0.1, 0.15) is 68.0 Å². The van der Waals surface area contributed by atoms with E-state index in [4.69, 9.17) is 4.42 Å². The van der Waals surface area contributed by atoms with Crippen LogP contribution in [0.4, 0.5) is 13.2 Å². The Morgan fingerprint density at radius 1 is 1.00 bits per heavy atom.